The van der Waals surface area contributed by atoms with Crippen molar-refractivity contribution in [1.82, 2.24) is 14.9 Å². The van der Waals surface area contributed by atoms with Gasteiger partial charge in [-0.25, -0.2) is 13.1 Å². The van der Waals surface area contributed by atoms with Crippen LogP contribution >= 0.6 is 15.9 Å². The molecule has 1 saturated heterocycles. The van der Waals surface area contributed by atoms with Crippen LogP contribution in [-0.2, 0) is 10.0 Å². The minimum absolute atomic E-state index is 0.101. The van der Waals surface area contributed by atoms with Gasteiger partial charge in [-0.3, -0.25) is 9.69 Å². The van der Waals surface area contributed by atoms with Gasteiger partial charge in [-0.2, -0.15) is 0 Å². The third-order valence-corrected chi connectivity index (χ3v) is 8.82. The molecule has 1 amide bonds. The minimum atomic E-state index is -3.78. The number of nitrogens with one attached hydrogen (secondary N) is 2. The fourth-order valence-electron chi connectivity index (χ4n) is 4.84. The first-order valence-corrected chi connectivity index (χ1v) is 14.3. The lowest BCUT2D eigenvalue weighted by molar-refractivity contribution is 0.0799. The average molecular weight is 559 g/mol. The van der Waals surface area contributed by atoms with Crippen molar-refractivity contribution in [3.63, 3.8) is 0 Å². The Hall–Kier alpha value is -2.26. The van der Waals surface area contributed by atoms with Crippen LogP contribution in [0.25, 0.3) is 10.8 Å². The zero-order valence-corrected chi connectivity index (χ0v) is 22.5. The van der Waals surface area contributed by atoms with Crippen LogP contribution in [0.5, 0.6) is 0 Å². The van der Waals surface area contributed by atoms with Gasteiger partial charge in [-0.15, -0.1) is 0 Å². The molecule has 0 aromatic heterocycles. The Morgan fingerprint density at radius 1 is 1.00 bits per heavy atom. The lowest BCUT2D eigenvalue weighted by Gasteiger charge is -2.41. The maximum Gasteiger partial charge on any atom is 0.251 e. The summed E-state index contributed by atoms with van der Waals surface area (Å²) < 4.78 is 30.3. The van der Waals surface area contributed by atoms with Gasteiger partial charge >= 0.3 is 0 Å². The first-order valence-electron chi connectivity index (χ1n) is 12.0. The van der Waals surface area contributed by atoms with Crippen molar-refractivity contribution in [2.24, 2.45) is 0 Å². The monoisotopic (exact) mass is 557 g/mol. The van der Waals surface area contributed by atoms with Gasteiger partial charge in [-0.05, 0) is 62.4 Å². The van der Waals surface area contributed by atoms with E-state index in [1.165, 1.54) is 6.42 Å². The number of sulfonamides is 1. The second kappa shape index (κ2) is 11.2. The lowest BCUT2D eigenvalue weighted by atomic mass is 9.97. The Labute approximate surface area is 216 Å². The zero-order valence-electron chi connectivity index (χ0n) is 20.1. The van der Waals surface area contributed by atoms with Crippen LogP contribution in [-0.4, -0.2) is 50.4 Å². The molecule has 0 spiro atoms. The maximum atomic E-state index is 13.3. The highest BCUT2D eigenvalue weighted by molar-refractivity contribution is 9.10. The normalized spacial score (nSPS) is 20.0. The van der Waals surface area contributed by atoms with Crippen molar-refractivity contribution in [3.05, 3.63) is 76.8 Å². The number of fused-ring (bicyclic) bond motifs is 1. The van der Waals surface area contributed by atoms with Crippen molar-refractivity contribution in [2.75, 3.05) is 13.1 Å². The van der Waals surface area contributed by atoms with E-state index in [9.17, 15) is 13.2 Å². The fourth-order valence-corrected chi connectivity index (χ4v) is 6.41. The summed E-state index contributed by atoms with van der Waals surface area (Å²) in [5.74, 6) is -0.218. The molecule has 0 unspecified atom stereocenters. The molecule has 4 rings (SSSR count). The first-order chi connectivity index (χ1) is 16.7. The number of halogens is 1. The van der Waals surface area contributed by atoms with E-state index < -0.39 is 10.0 Å². The lowest BCUT2D eigenvalue weighted by Crippen LogP contribution is -2.54. The van der Waals surface area contributed by atoms with Crippen LogP contribution in [0.2, 0.25) is 0 Å². The summed E-state index contributed by atoms with van der Waals surface area (Å²) in [6.45, 7) is 5.07. The number of carbonyl (C=O) groups is 1. The molecule has 0 saturated carbocycles. The topological polar surface area (TPSA) is 78.5 Å². The SMILES string of the molecule is C[C@@H]1CCC[C@H](C)N1C[C@H](CNS(=O)(=O)c1cccc2ccccc12)NC(=O)c1ccc(Br)cc1. The number of rotatable bonds is 8. The molecule has 6 nitrogen and oxygen atoms in total. The standard InChI is InChI=1S/C27H32BrN3O3S/c1-19-7-5-8-20(2)31(19)18-24(30-27(32)22-13-15-23(28)16-14-22)17-29-35(33,34)26-12-6-10-21-9-3-4-11-25(21)26/h3-4,6,9-16,19-20,24,29H,5,7-8,17-18H2,1-2H3,(H,30,32)/t19-,20+,24-/m0/s1. The summed E-state index contributed by atoms with van der Waals surface area (Å²) in [5, 5.41) is 4.62. The molecule has 3 aromatic rings. The molecule has 8 heteroatoms. The molecule has 1 fully saturated rings. The third-order valence-electron chi connectivity index (χ3n) is 6.81. The van der Waals surface area contributed by atoms with Gasteiger partial charge in [0.2, 0.25) is 10.0 Å². The highest BCUT2D eigenvalue weighted by Crippen LogP contribution is 2.24. The zero-order chi connectivity index (χ0) is 25.0. The van der Waals surface area contributed by atoms with Crippen molar-refractivity contribution >= 4 is 42.6 Å². The van der Waals surface area contributed by atoms with Crippen molar-refractivity contribution < 1.29 is 13.2 Å². The summed E-state index contributed by atoms with van der Waals surface area (Å²) in [6, 6.07) is 20.2. The summed E-state index contributed by atoms with van der Waals surface area (Å²) in [6.07, 6.45) is 3.38. The predicted molar refractivity (Wildman–Crippen MR) is 144 cm³/mol. The van der Waals surface area contributed by atoms with Crippen molar-refractivity contribution in [2.45, 2.75) is 56.1 Å². The van der Waals surface area contributed by atoms with E-state index in [4.69, 9.17) is 0 Å². The van der Waals surface area contributed by atoms with Crippen molar-refractivity contribution in [1.29, 1.82) is 0 Å². The van der Waals surface area contributed by atoms with Gasteiger partial charge < -0.3 is 5.32 Å². The van der Waals surface area contributed by atoms with Gasteiger partial charge in [0.25, 0.3) is 5.91 Å². The molecule has 0 radical (unpaired) electrons. The molecular formula is C27H32BrN3O3S. The van der Waals surface area contributed by atoms with Gasteiger partial charge in [0.1, 0.15) is 0 Å². The molecule has 3 aromatic carbocycles. The molecular weight excluding hydrogens is 526 g/mol. The van der Waals surface area contributed by atoms with E-state index in [1.54, 1.807) is 24.3 Å². The third kappa shape index (κ3) is 6.30. The first kappa shape index (κ1) is 25.8. The summed E-state index contributed by atoms with van der Waals surface area (Å²) >= 11 is 3.40. The van der Waals surface area contributed by atoms with Crippen LogP contribution in [0, 0.1) is 0 Å². The van der Waals surface area contributed by atoms with E-state index in [1.807, 2.05) is 42.5 Å². The number of piperidine rings is 1. The Morgan fingerprint density at radius 2 is 1.66 bits per heavy atom. The highest BCUT2D eigenvalue weighted by Gasteiger charge is 2.29. The summed E-state index contributed by atoms with van der Waals surface area (Å²) in [7, 11) is -3.78. The van der Waals surface area contributed by atoms with Crippen LogP contribution < -0.4 is 10.0 Å². The van der Waals surface area contributed by atoms with Crippen LogP contribution in [0.3, 0.4) is 0 Å². The number of amides is 1. The Morgan fingerprint density at radius 3 is 2.37 bits per heavy atom. The molecule has 35 heavy (non-hydrogen) atoms. The minimum Gasteiger partial charge on any atom is -0.347 e. The van der Waals surface area contributed by atoms with E-state index in [0.717, 1.165) is 22.7 Å². The van der Waals surface area contributed by atoms with Gasteiger partial charge in [0.15, 0.2) is 0 Å². The smallest absolute Gasteiger partial charge is 0.251 e. The second-order valence-electron chi connectivity index (χ2n) is 9.33. The molecule has 1 aliphatic heterocycles. The Kier molecular flexibility index (Phi) is 8.27. The average Bonchev–Trinajstić information content (AvgIpc) is 2.84. The van der Waals surface area contributed by atoms with E-state index in [2.05, 4.69) is 44.7 Å². The van der Waals surface area contributed by atoms with Crippen LogP contribution in [0.4, 0.5) is 0 Å². The van der Waals surface area contributed by atoms with Crippen LogP contribution in [0.15, 0.2) is 76.1 Å². The van der Waals surface area contributed by atoms with Crippen molar-refractivity contribution in [3.8, 4) is 0 Å². The summed E-state index contributed by atoms with van der Waals surface area (Å²) in [4.78, 5) is 15.6. The fraction of sp³-hybridized carbons (Fsp3) is 0.370. The molecule has 1 heterocycles. The molecule has 2 N–H and O–H groups in total. The Bertz CT molecular complexity index is 1270. The summed E-state index contributed by atoms with van der Waals surface area (Å²) in [5.41, 5.74) is 0.537. The molecule has 0 bridgehead atoms. The number of hydrogen-bond donors (Lipinski definition) is 2. The van der Waals surface area contributed by atoms with Gasteiger partial charge in [0, 0.05) is 40.6 Å². The van der Waals surface area contributed by atoms with E-state index in [-0.39, 0.29) is 23.4 Å². The maximum absolute atomic E-state index is 13.3. The highest BCUT2D eigenvalue weighted by atomic mass is 79.9. The van der Waals surface area contributed by atoms with Gasteiger partial charge in [-0.1, -0.05) is 58.7 Å². The largest absolute Gasteiger partial charge is 0.347 e. The quantitative estimate of drug-likeness (QED) is 0.411. The molecule has 0 aliphatic carbocycles. The van der Waals surface area contributed by atoms with Gasteiger partial charge in [0.05, 0.1) is 10.9 Å². The molecule has 186 valence electrons. The Balaban J connectivity index is 1.55. The van der Waals surface area contributed by atoms with Crippen LogP contribution in [0.1, 0.15) is 43.5 Å². The number of hydrogen-bond acceptors (Lipinski definition) is 4. The number of benzene rings is 3. The second-order valence-corrected chi connectivity index (χ2v) is 12.0. The molecule has 1 aliphatic rings. The molecule has 3 atom stereocenters. The number of likely N-dealkylation sites (tertiary alicyclic amines) is 1. The number of carbonyl (C=O) groups excluding carboxylic acids is 1. The van der Waals surface area contributed by atoms with E-state index in [0.29, 0.717) is 29.6 Å². The predicted octanol–water partition coefficient (Wildman–Crippen LogP) is 4.94. The van der Waals surface area contributed by atoms with E-state index >= 15 is 0 Å². The number of nitrogens with zero attached hydrogens (tertiary/aromatic N) is 1.